The van der Waals surface area contributed by atoms with Crippen molar-refractivity contribution in [3.05, 3.63) is 47.6 Å². The average molecular weight is 299 g/mol. The van der Waals surface area contributed by atoms with Gasteiger partial charge < -0.3 is 19.5 Å². The molecule has 2 aromatic heterocycles. The maximum absolute atomic E-state index is 12.3. The van der Waals surface area contributed by atoms with E-state index in [0.29, 0.717) is 22.7 Å². The number of aromatic nitrogens is 2. The van der Waals surface area contributed by atoms with E-state index in [0.717, 1.165) is 0 Å². The largest absolute Gasteiger partial charge is 0.441 e. The molecule has 7 heteroatoms. The summed E-state index contributed by atoms with van der Waals surface area (Å²) in [4.78, 5) is 27.6. The van der Waals surface area contributed by atoms with Crippen LogP contribution in [-0.2, 0) is 7.05 Å². The maximum atomic E-state index is 12.3. The molecule has 2 heterocycles. The number of amides is 1. The summed E-state index contributed by atoms with van der Waals surface area (Å²) in [6, 6.07) is 6.45. The lowest BCUT2D eigenvalue weighted by Crippen LogP contribution is -2.12. The Morgan fingerprint density at radius 3 is 2.82 bits per heavy atom. The van der Waals surface area contributed by atoms with Crippen molar-refractivity contribution in [3.8, 4) is 5.75 Å². The molecule has 1 amide bonds. The van der Waals surface area contributed by atoms with Crippen LogP contribution in [0.15, 0.2) is 34.9 Å². The van der Waals surface area contributed by atoms with Gasteiger partial charge in [-0.25, -0.2) is 9.78 Å². The molecule has 0 unspecified atom stereocenters. The lowest BCUT2D eigenvalue weighted by Gasteiger charge is -2.05. The van der Waals surface area contributed by atoms with Crippen LogP contribution in [0.3, 0.4) is 0 Å². The molecule has 3 rings (SSSR count). The SMILES string of the molecule is Cc1nc2c(OC(=O)c3cc(C(N)=O)cn3C)cccc2o1. The molecule has 0 aliphatic carbocycles. The molecule has 112 valence electrons. The molecule has 0 spiro atoms. The van der Waals surface area contributed by atoms with E-state index in [1.165, 1.54) is 16.8 Å². The Morgan fingerprint density at radius 2 is 2.14 bits per heavy atom. The summed E-state index contributed by atoms with van der Waals surface area (Å²) in [5.41, 5.74) is 6.66. The number of aryl methyl sites for hydroxylation is 2. The molecule has 1 aromatic carbocycles. The third-order valence-corrected chi connectivity index (χ3v) is 3.19. The second-order valence-electron chi connectivity index (χ2n) is 4.81. The number of ether oxygens (including phenoxy) is 1. The van der Waals surface area contributed by atoms with Gasteiger partial charge in [-0.3, -0.25) is 4.79 Å². The normalized spacial score (nSPS) is 10.8. The number of para-hydroxylation sites is 1. The van der Waals surface area contributed by atoms with Crippen molar-refractivity contribution < 1.29 is 18.7 Å². The van der Waals surface area contributed by atoms with Gasteiger partial charge in [0.2, 0.25) is 5.91 Å². The smallest absolute Gasteiger partial charge is 0.360 e. The van der Waals surface area contributed by atoms with Gasteiger partial charge >= 0.3 is 5.97 Å². The summed E-state index contributed by atoms with van der Waals surface area (Å²) in [6.07, 6.45) is 1.47. The number of hydrogen-bond donors (Lipinski definition) is 1. The highest BCUT2D eigenvalue weighted by Crippen LogP contribution is 2.26. The van der Waals surface area contributed by atoms with Crippen molar-refractivity contribution >= 4 is 23.0 Å². The Morgan fingerprint density at radius 1 is 1.36 bits per heavy atom. The minimum Gasteiger partial charge on any atom is -0.441 e. The first-order chi connectivity index (χ1) is 10.5. The summed E-state index contributed by atoms with van der Waals surface area (Å²) >= 11 is 0. The lowest BCUT2D eigenvalue weighted by atomic mass is 10.3. The van der Waals surface area contributed by atoms with E-state index in [9.17, 15) is 9.59 Å². The van der Waals surface area contributed by atoms with E-state index in [2.05, 4.69) is 4.98 Å². The van der Waals surface area contributed by atoms with Crippen LogP contribution < -0.4 is 10.5 Å². The molecule has 0 bridgehead atoms. The number of carbonyl (C=O) groups is 2. The fourth-order valence-corrected chi connectivity index (χ4v) is 2.17. The Kier molecular flexibility index (Phi) is 3.17. The molecule has 22 heavy (non-hydrogen) atoms. The molecular formula is C15H13N3O4. The van der Waals surface area contributed by atoms with Crippen LogP contribution in [-0.4, -0.2) is 21.4 Å². The van der Waals surface area contributed by atoms with Crippen molar-refractivity contribution in [2.24, 2.45) is 12.8 Å². The summed E-state index contributed by atoms with van der Waals surface area (Å²) in [5.74, 6) is -0.443. The summed E-state index contributed by atoms with van der Waals surface area (Å²) in [7, 11) is 1.63. The number of benzene rings is 1. The number of oxazole rings is 1. The van der Waals surface area contributed by atoms with Crippen molar-refractivity contribution in [2.75, 3.05) is 0 Å². The Bertz CT molecular complexity index is 891. The van der Waals surface area contributed by atoms with Crippen molar-refractivity contribution in [3.63, 3.8) is 0 Å². The fourth-order valence-electron chi connectivity index (χ4n) is 2.17. The maximum Gasteiger partial charge on any atom is 0.360 e. The van der Waals surface area contributed by atoms with Gasteiger partial charge in [0, 0.05) is 20.2 Å². The predicted molar refractivity (Wildman–Crippen MR) is 77.6 cm³/mol. The van der Waals surface area contributed by atoms with Gasteiger partial charge in [-0.15, -0.1) is 0 Å². The van der Waals surface area contributed by atoms with Crippen LogP contribution in [0.5, 0.6) is 5.75 Å². The average Bonchev–Trinajstić information content (AvgIpc) is 3.01. The zero-order valence-corrected chi connectivity index (χ0v) is 12.0. The Balaban J connectivity index is 1.95. The molecule has 0 fully saturated rings. The van der Waals surface area contributed by atoms with Gasteiger partial charge in [0.15, 0.2) is 22.7 Å². The summed E-state index contributed by atoms with van der Waals surface area (Å²) < 4.78 is 12.2. The first-order valence-electron chi connectivity index (χ1n) is 6.50. The zero-order chi connectivity index (χ0) is 15.9. The van der Waals surface area contributed by atoms with Crippen molar-refractivity contribution in [1.82, 2.24) is 9.55 Å². The molecule has 0 atom stereocenters. The molecule has 2 N–H and O–H groups in total. The van der Waals surface area contributed by atoms with Gasteiger partial charge in [-0.2, -0.15) is 0 Å². The second-order valence-corrected chi connectivity index (χ2v) is 4.81. The van der Waals surface area contributed by atoms with E-state index in [-0.39, 0.29) is 11.3 Å². The van der Waals surface area contributed by atoms with E-state index in [4.69, 9.17) is 14.9 Å². The molecule has 7 nitrogen and oxygen atoms in total. The highest BCUT2D eigenvalue weighted by atomic mass is 16.5. The third-order valence-electron chi connectivity index (χ3n) is 3.19. The van der Waals surface area contributed by atoms with Gasteiger partial charge in [0.05, 0.1) is 5.56 Å². The standard InChI is InChI=1S/C15H13N3O4/c1-8-17-13-11(21-8)4-3-5-12(13)22-15(20)10-6-9(14(16)19)7-18(10)2/h3-7H,1-2H3,(H2,16,19). The zero-order valence-electron chi connectivity index (χ0n) is 12.0. The number of fused-ring (bicyclic) bond motifs is 1. The number of esters is 1. The number of nitrogens with zero attached hydrogens (tertiary/aromatic N) is 2. The highest BCUT2D eigenvalue weighted by molar-refractivity contribution is 5.98. The number of rotatable bonds is 3. The molecule has 0 saturated heterocycles. The molecule has 0 saturated carbocycles. The van der Waals surface area contributed by atoms with Gasteiger partial charge in [0.1, 0.15) is 5.69 Å². The number of carbonyl (C=O) groups excluding carboxylic acids is 2. The highest BCUT2D eigenvalue weighted by Gasteiger charge is 2.18. The number of hydrogen-bond acceptors (Lipinski definition) is 5. The minimum absolute atomic E-state index is 0.214. The molecule has 0 radical (unpaired) electrons. The van der Waals surface area contributed by atoms with E-state index in [1.54, 1.807) is 32.2 Å². The fraction of sp³-hybridized carbons (Fsp3) is 0.133. The van der Waals surface area contributed by atoms with E-state index in [1.807, 2.05) is 0 Å². The van der Waals surface area contributed by atoms with Gasteiger partial charge in [0.25, 0.3) is 0 Å². The predicted octanol–water partition coefficient (Wildman–Crippen LogP) is 1.79. The Labute approximate surface area is 125 Å². The first kappa shape index (κ1) is 13.9. The van der Waals surface area contributed by atoms with E-state index < -0.39 is 11.9 Å². The van der Waals surface area contributed by atoms with Gasteiger partial charge in [-0.1, -0.05) is 6.07 Å². The monoisotopic (exact) mass is 299 g/mol. The van der Waals surface area contributed by atoms with Crippen LogP contribution in [0.25, 0.3) is 11.1 Å². The summed E-state index contributed by atoms with van der Waals surface area (Å²) in [6.45, 7) is 1.71. The van der Waals surface area contributed by atoms with Gasteiger partial charge in [-0.05, 0) is 18.2 Å². The third kappa shape index (κ3) is 2.32. The van der Waals surface area contributed by atoms with E-state index >= 15 is 0 Å². The van der Waals surface area contributed by atoms with Crippen LogP contribution in [0, 0.1) is 6.92 Å². The van der Waals surface area contributed by atoms with Crippen molar-refractivity contribution in [2.45, 2.75) is 6.92 Å². The molecule has 3 aromatic rings. The van der Waals surface area contributed by atoms with Crippen LogP contribution in [0.4, 0.5) is 0 Å². The second kappa shape index (κ2) is 5.03. The quantitative estimate of drug-likeness (QED) is 0.587. The number of primary amides is 1. The van der Waals surface area contributed by atoms with Crippen LogP contribution >= 0.6 is 0 Å². The topological polar surface area (TPSA) is 100 Å². The number of nitrogens with two attached hydrogens (primary N) is 1. The summed E-state index contributed by atoms with van der Waals surface area (Å²) in [5, 5.41) is 0. The Hall–Kier alpha value is -3.09. The molecule has 0 aliphatic rings. The minimum atomic E-state index is -0.608. The lowest BCUT2D eigenvalue weighted by molar-refractivity contribution is 0.0727. The van der Waals surface area contributed by atoms with Crippen molar-refractivity contribution in [1.29, 1.82) is 0 Å². The first-order valence-corrected chi connectivity index (χ1v) is 6.50. The molecular weight excluding hydrogens is 286 g/mol. The van der Waals surface area contributed by atoms with Crippen LogP contribution in [0.2, 0.25) is 0 Å². The van der Waals surface area contributed by atoms with Crippen LogP contribution in [0.1, 0.15) is 26.7 Å². The molecule has 0 aliphatic heterocycles.